The summed E-state index contributed by atoms with van der Waals surface area (Å²) >= 11 is 0. The summed E-state index contributed by atoms with van der Waals surface area (Å²) in [4.78, 5) is 12.1. The van der Waals surface area contributed by atoms with Gasteiger partial charge in [-0.25, -0.2) is 4.39 Å². The van der Waals surface area contributed by atoms with Gasteiger partial charge < -0.3 is 10.6 Å². The Morgan fingerprint density at radius 3 is 2.48 bits per heavy atom. The number of halogens is 4. The van der Waals surface area contributed by atoms with Crippen LogP contribution in [0, 0.1) is 19.7 Å². The maximum Gasteiger partial charge on any atom is 0.416 e. The van der Waals surface area contributed by atoms with Crippen LogP contribution in [-0.4, -0.2) is 12.5 Å². The van der Waals surface area contributed by atoms with Crippen LogP contribution in [0.5, 0.6) is 0 Å². The minimum Gasteiger partial charge on any atom is -0.385 e. The van der Waals surface area contributed by atoms with Gasteiger partial charge in [0.15, 0.2) is 0 Å². The van der Waals surface area contributed by atoms with Gasteiger partial charge >= 0.3 is 6.18 Å². The number of carbonyl (C=O) groups is 1. The first kappa shape index (κ1) is 22.5. The van der Waals surface area contributed by atoms with Crippen molar-refractivity contribution in [3.8, 4) is 0 Å². The molecule has 2 N–H and O–H groups in total. The van der Waals surface area contributed by atoms with E-state index in [0.29, 0.717) is 28.9 Å². The molecular weight excluding hydrogens is 384 g/mol. The highest BCUT2D eigenvalue weighted by Gasteiger charge is 2.30. The Bertz CT molecular complexity index is 881. The topological polar surface area (TPSA) is 41.1 Å². The van der Waals surface area contributed by atoms with Gasteiger partial charge in [-0.3, -0.25) is 4.79 Å². The van der Waals surface area contributed by atoms with Crippen LogP contribution < -0.4 is 10.6 Å². The Hall–Kier alpha value is -2.83. The molecular formula is C22H24F4N2O. The molecule has 0 radical (unpaired) electrons. The molecule has 0 saturated heterocycles. The molecule has 0 aliphatic rings. The fourth-order valence-electron chi connectivity index (χ4n) is 2.69. The van der Waals surface area contributed by atoms with Crippen molar-refractivity contribution in [1.29, 1.82) is 0 Å². The van der Waals surface area contributed by atoms with Crippen LogP contribution >= 0.6 is 0 Å². The minimum atomic E-state index is -4.44. The third-order valence-corrected chi connectivity index (χ3v) is 4.49. The van der Waals surface area contributed by atoms with E-state index in [9.17, 15) is 22.4 Å². The second-order valence-corrected chi connectivity index (χ2v) is 6.80. The van der Waals surface area contributed by atoms with Crippen molar-refractivity contribution in [2.45, 2.75) is 39.9 Å². The summed E-state index contributed by atoms with van der Waals surface area (Å²) in [7, 11) is 0. The van der Waals surface area contributed by atoms with E-state index in [4.69, 9.17) is 0 Å². The first-order valence-electron chi connectivity index (χ1n) is 9.28. The van der Waals surface area contributed by atoms with Gasteiger partial charge in [0.25, 0.3) is 0 Å². The summed E-state index contributed by atoms with van der Waals surface area (Å²) in [6.45, 7) is 6.03. The summed E-state index contributed by atoms with van der Waals surface area (Å²) < 4.78 is 52.6. The van der Waals surface area contributed by atoms with Crippen molar-refractivity contribution in [2.75, 3.05) is 11.9 Å². The minimum absolute atomic E-state index is 0.148. The standard InChI is InChI=1S/C22H24F4N2O/c1-4-9-27-20-12-18(22(24,25)26)7-5-17(20)6-8-21(29)28-13-16-10-14(2)15(3)19(23)11-16/h5-8,10-12,27H,4,9,13H2,1-3H3,(H,28,29)/b8-6+. The summed E-state index contributed by atoms with van der Waals surface area (Å²) in [5.74, 6) is -0.758. The molecule has 0 heterocycles. The van der Waals surface area contributed by atoms with Gasteiger partial charge in [0.2, 0.25) is 5.91 Å². The Morgan fingerprint density at radius 2 is 1.86 bits per heavy atom. The zero-order valence-electron chi connectivity index (χ0n) is 16.6. The third-order valence-electron chi connectivity index (χ3n) is 4.49. The highest BCUT2D eigenvalue weighted by Crippen LogP contribution is 2.32. The molecule has 0 bridgehead atoms. The predicted octanol–water partition coefficient (Wildman–Crippen LogP) is 5.61. The monoisotopic (exact) mass is 408 g/mol. The van der Waals surface area contributed by atoms with Gasteiger partial charge in [0.05, 0.1) is 5.56 Å². The lowest BCUT2D eigenvalue weighted by Crippen LogP contribution is -2.20. The molecule has 2 aromatic rings. The van der Waals surface area contributed by atoms with Crippen molar-refractivity contribution >= 4 is 17.7 Å². The lowest BCUT2D eigenvalue weighted by Gasteiger charge is -2.13. The van der Waals surface area contributed by atoms with E-state index in [2.05, 4.69) is 10.6 Å². The average Bonchev–Trinajstić information content (AvgIpc) is 2.66. The number of alkyl halides is 3. The van der Waals surface area contributed by atoms with Gasteiger partial charge in [0.1, 0.15) is 5.82 Å². The van der Waals surface area contributed by atoms with Crippen LogP contribution in [0.15, 0.2) is 36.4 Å². The maximum absolute atomic E-state index is 13.8. The molecule has 2 rings (SSSR count). The highest BCUT2D eigenvalue weighted by atomic mass is 19.4. The number of benzene rings is 2. The summed E-state index contributed by atoms with van der Waals surface area (Å²) in [6, 6.07) is 6.50. The van der Waals surface area contributed by atoms with Gasteiger partial charge in [-0.05, 0) is 66.8 Å². The molecule has 0 spiro atoms. The fourth-order valence-corrected chi connectivity index (χ4v) is 2.69. The average molecular weight is 408 g/mol. The SMILES string of the molecule is CCCNc1cc(C(F)(F)F)ccc1/C=C/C(=O)NCc1cc(C)c(C)c(F)c1. The Balaban J connectivity index is 2.10. The molecule has 2 aromatic carbocycles. The first-order valence-corrected chi connectivity index (χ1v) is 9.28. The molecule has 0 aliphatic carbocycles. The largest absolute Gasteiger partial charge is 0.416 e. The van der Waals surface area contributed by atoms with Gasteiger partial charge in [0, 0.05) is 24.9 Å². The lowest BCUT2D eigenvalue weighted by atomic mass is 10.1. The van der Waals surface area contributed by atoms with Gasteiger partial charge in [-0.2, -0.15) is 13.2 Å². The van der Waals surface area contributed by atoms with E-state index in [-0.39, 0.29) is 12.4 Å². The van der Waals surface area contributed by atoms with Crippen molar-refractivity contribution < 1.29 is 22.4 Å². The van der Waals surface area contributed by atoms with E-state index in [1.807, 2.05) is 6.92 Å². The van der Waals surface area contributed by atoms with E-state index in [1.54, 1.807) is 19.9 Å². The molecule has 1 amide bonds. The molecule has 0 unspecified atom stereocenters. The number of amides is 1. The zero-order chi connectivity index (χ0) is 21.6. The first-order chi connectivity index (χ1) is 13.6. The van der Waals surface area contributed by atoms with E-state index >= 15 is 0 Å². The number of carbonyl (C=O) groups excluding carboxylic acids is 1. The van der Waals surface area contributed by atoms with Crippen LogP contribution in [0.3, 0.4) is 0 Å². The number of aryl methyl sites for hydroxylation is 1. The van der Waals surface area contributed by atoms with Crippen LogP contribution in [0.25, 0.3) is 6.08 Å². The van der Waals surface area contributed by atoms with E-state index < -0.39 is 17.6 Å². The van der Waals surface area contributed by atoms with E-state index in [0.717, 1.165) is 24.1 Å². The second-order valence-electron chi connectivity index (χ2n) is 6.80. The predicted molar refractivity (Wildman–Crippen MR) is 107 cm³/mol. The van der Waals surface area contributed by atoms with Crippen molar-refractivity contribution in [2.24, 2.45) is 0 Å². The lowest BCUT2D eigenvalue weighted by molar-refractivity contribution is -0.137. The smallest absolute Gasteiger partial charge is 0.385 e. The molecule has 3 nitrogen and oxygen atoms in total. The van der Waals surface area contributed by atoms with Crippen molar-refractivity contribution in [3.05, 3.63) is 70.0 Å². The van der Waals surface area contributed by atoms with Crippen LogP contribution in [0.1, 0.15) is 41.2 Å². The second kappa shape index (κ2) is 9.58. The number of rotatable bonds is 7. The molecule has 7 heteroatoms. The normalized spacial score (nSPS) is 11.7. The van der Waals surface area contributed by atoms with E-state index in [1.165, 1.54) is 24.3 Å². The Labute approximate surface area is 167 Å². The zero-order valence-corrected chi connectivity index (χ0v) is 16.6. The maximum atomic E-state index is 13.8. The summed E-state index contributed by atoms with van der Waals surface area (Å²) in [6.07, 6.45) is -0.998. The Morgan fingerprint density at radius 1 is 1.14 bits per heavy atom. The van der Waals surface area contributed by atoms with Crippen LogP contribution in [0.4, 0.5) is 23.2 Å². The number of anilines is 1. The van der Waals surface area contributed by atoms with Gasteiger partial charge in [-0.1, -0.05) is 19.1 Å². The quantitative estimate of drug-likeness (QED) is 0.462. The summed E-state index contributed by atoms with van der Waals surface area (Å²) in [5.41, 5.74) is 2.01. The fraction of sp³-hybridized carbons (Fsp3) is 0.318. The Kier molecular flexibility index (Phi) is 7.42. The number of hydrogen-bond donors (Lipinski definition) is 2. The van der Waals surface area contributed by atoms with Crippen LogP contribution in [0.2, 0.25) is 0 Å². The van der Waals surface area contributed by atoms with Crippen molar-refractivity contribution in [1.82, 2.24) is 5.32 Å². The molecule has 0 aliphatic heterocycles. The molecule has 0 saturated carbocycles. The van der Waals surface area contributed by atoms with Gasteiger partial charge in [-0.15, -0.1) is 0 Å². The molecule has 156 valence electrons. The molecule has 0 aromatic heterocycles. The molecule has 29 heavy (non-hydrogen) atoms. The third kappa shape index (κ3) is 6.34. The summed E-state index contributed by atoms with van der Waals surface area (Å²) in [5, 5.41) is 5.60. The molecule has 0 atom stereocenters. The van der Waals surface area contributed by atoms with Crippen LogP contribution in [-0.2, 0) is 17.5 Å². The molecule has 0 fully saturated rings. The number of hydrogen-bond acceptors (Lipinski definition) is 2. The van der Waals surface area contributed by atoms with Crippen molar-refractivity contribution in [3.63, 3.8) is 0 Å². The highest BCUT2D eigenvalue weighted by molar-refractivity contribution is 5.92. The number of nitrogens with one attached hydrogen (secondary N) is 2.